The highest BCUT2D eigenvalue weighted by Gasteiger charge is 2.08. The first-order valence-corrected chi connectivity index (χ1v) is 8.40. The lowest BCUT2D eigenvalue weighted by Gasteiger charge is -2.10. The Morgan fingerprint density at radius 2 is 2.04 bits per heavy atom. The van der Waals surface area contributed by atoms with Crippen molar-refractivity contribution in [3.05, 3.63) is 40.8 Å². The number of aromatic nitrogens is 3. The number of rotatable bonds is 7. The van der Waals surface area contributed by atoms with Crippen LogP contribution in [0.3, 0.4) is 0 Å². The van der Waals surface area contributed by atoms with Crippen LogP contribution in [0.1, 0.15) is 47.6 Å². The van der Waals surface area contributed by atoms with Crippen LogP contribution in [-0.4, -0.2) is 33.3 Å². The van der Waals surface area contributed by atoms with Crippen LogP contribution in [0, 0.1) is 20.8 Å². The normalized spacial score (nSPS) is 10.9. The van der Waals surface area contributed by atoms with Crippen molar-refractivity contribution in [2.24, 2.45) is 0 Å². The fourth-order valence-corrected chi connectivity index (χ4v) is 2.46. The number of amides is 1. The Kier molecular flexibility index (Phi) is 5.95. The van der Waals surface area contributed by atoms with Crippen LogP contribution >= 0.6 is 0 Å². The number of nitrogens with one attached hydrogen (secondary N) is 2. The summed E-state index contributed by atoms with van der Waals surface area (Å²) in [6.45, 7) is 11.8. The molecule has 130 valence electrons. The van der Waals surface area contributed by atoms with E-state index in [4.69, 9.17) is 0 Å². The summed E-state index contributed by atoms with van der Waals surface area (Å²) in [4.78, 5) is 16.3. The van der Waals surface area contributed by atoms with Crippen molar-refractivity contribution in [1.29, 1.82) is 0 Å². The van der Waals surface area contributed by atoms with Gasteiger partial charge in [0, 0.05) is 36.6 Å². The summed E-state index contributed by atoms with van der Waals surface area (Å²) in [5, 5.41) is 10.7. The maximum absolute atomic E-state index is 12.0. The van der Waals surface area contributed by atoms with Crippen molar-refractivity contribution < 1.29 is 4.79 Å². The minimum atomic E-state index is -0.0754. The quantitative estimate of drug-likeness (QED) is 0.766. The van der Waals surface area contributed by atoms with Crippen molar-refractivity contribution in [2.45, 2.75) is 53.6 Å². The minimum absolute atomic E-state index is 0.0754. The molecule has 6 heteroatoms. The van der Waals surface area contributed by atoms with Gasteiger partial charge in [0.2, 0.25) is 0 Å². The van der Waals surface area contributed by atoms with E-state index in [0.29, 0.717) is 5.56 Å². The third kappa shape index (κ3) is 4.57. The highest BCUT2D eigenvalue weighted by Crippen LogP contribution is 2.12. The minimum Gasteiger partial charge on any atom is -0.370 e. The number of carbonyl (C=O) groups excluding carboxylic acids is 1. The van der Waals surface area contributed by atoms with Crippen molar-refractivity contribution >= 4 is 11.7 Å². The molecule has 0 fully saturated rings. The summed E-state index contributed by atoms with van der Waals surface area (Å²) in [7, 11) is 0. The maximum Gasteiger partial charge on any atom is 0.251 e. The molecule has 2 N–H and O–H groups in total. The molecular formula is C18H27N5O. The first kappa shape index (κ1) is 18.0. The van der Waals surface area contributed by atoms with Gasteiger partial charge >= 0.3 is 0 Å². The van der Waals surface area contributed by atoms with E-state index in [1.807, 2.05) is 25.5 Å². The molecule has 0 radical (unpaired) electrons. The van der Waals surface area contributed by atoms with E-state index in [2.05, 4.69) is 34.6 Å². The third-order valence-electron chi connectivity index (χ3n) is 4.04. The Bertz CT molecular complexity index is 705. The van der Waals surface area contributed by atoms with E-state index in [1.165, 1.54) is 11.3 Å². The predicted octanol–water partition coefficient (Wildman–Crippen LogP) is 2.84. The fourth-order valence-electron chi connectivity index (χ4n) is 2.46. The lowest BCUT2D eigenvalue weighted by Crippen LogP contribution is -2.30. The van der Waals surface area contributed by atoms with E-state index < -0.39 is 0 Å². The van der Waals surface area contributed by atoms with E-state index in [1.54, 1.807) is 18.3 Å². The van der Waals surface area contributed by atoms with E-state index >= 15 is 0 Å². The van der Waals surface area contributed by atoms with Crippen LogP contribution in [0.4, 0.5) is 5.82 Å². The number of aryl methyl sites for hydroxylation is 2. The monoisotopic (exact) mass is 329 g/mol. The predicted molar refractivity (Wildman–Crippen MR) is 96.4 cm³/mol. The second-order valence-electron chi connectivity index (χ2n) is 6.36. The molecule has 0 aromatic carbocycles. The lowest BCUT2D eigenvalue weighted by atomic mass is 10.2. The first-order valence-electron chi connectivity index (χ1n) is 8.40. The van der Waals surface area contributed by atoms with Crippen molar-refractivity contribution in [1.82, 2.24) is 20.1 Å². The van der Waals surface area contributed by atoms with Crippen molar-refractivity contribution in [3.8, 4) is 0 Å². The molecule has 0 spiro atoms. The molecule has 2 heterocycles. The zero-order valence-electron chi connectivity index (χ0n) is 15.2. The number of nitrogens with zero attached hydrogens (tertiary/aromatic N) is 3. The SMILES string of the molecule is Cc1nn(CCCNc2cc(C(=O)NC(C)C)ccn2)c(C)c1C. The molecule has 0 saturated carbocycles. The Balaban J connectivity index is 1.86. The average Bonchev–Trinajstić information content (AvgIpc) is 2.78. The molecule has 6 nitrogen and oxygen atoms in total. The van der Waals surface area contributed by atoms with Gasteiger partial charge in [-0.25, -0.2) is 4.98 Å². The zero-order chi connectivity index (χ0) is 17.7. The number of hydrogen-bond acceptors (Lipinski definition) is 4. The molecule has 24 heavy (non-hydrogen) atoms. The van der Waals surface area contributed by atoms with Crippen LogP contribution in [-0.2, 0) is 6.54 Å². The number of hydrogen-bond donors (Lipinski definition) is 2. The van der Waals surface area contributed by atoms with E-state index in [-0.39, 0.29) is 11.9 Å². The van der Waals surface area contributed by atoms with Gasteiger partial charge in [0.15, 0.2) is 0 Å². The number of anilines is 1. The van der Waals surface area contributed by atoms with Crippen LogP contribution in [0.5, 0.6) is 0 Å². The smallest absolute Gasteiger partial charge is 0.251 e. The number of pyridine rings is 1. The average molecular weight is 329 g/mol. The van der Waals surface area contributed by atoms with Gasteiger partial charge in [-0.05, 0) is 58.7 Å². The molecule has 1 amide bonds. The molecule has 2 rings (SSSR count). The Morgan fingerprint density at radius 3 is 2.67 bits per heavy atom. The van der Waals surface area contributed by atoms with Gasteiger partial charge < -0.3 is 10.6 Å². The van der Waals surface area contributed by atoms with Crippen molar-refractivity contribution in [3.63, 3.8) is 0 Å². The molecule has 0 unspecified atom stereocenters. The van der Waals surface area contributed by atoms with Gasteiger partial charge in [0.1, 0.15) is 5.82 Å². The molecule has 0 saturated heterocycles. The van der Waals surface area contributed by atoms with Gasteiger partial charge in [-0.3, -0.25) is 9.48 Å². The van der Waals surface area contributed by atoms with Gasteiger partial charge in [0.25, 0.3) is 5.91 Å². The Labute approximate surface area is 143 Å². The molecule has 0 atom stereocenters. The lowest BCUT2D eigenvalue weighted by molar-refractivity contribution is 0.0943. The van der Waals surface area contributed by atoms with Gasteiger partial charge in [-0.15, -0.1) is 0 Å². The molecular weight excluding hydrogens is 302 g/mol. The highest BCUT2D eigenvalue weighted by molar-refractivity contribution is 5.94. The largest absolute Gasteiger partial charge is 0.370 e. The fraction of sp³-hybridized carbons (Fsp3) is 0.500. The van der Waals surface area contributed by atoms with Crippen LogP contribution in [0.25, 0.3) is 0 Å². The zero-order valence-corrected chi connectivity index (χ0v) is 15.2. The van der Waals surface area contributed by atoms with E-state index in [0.717, 1.165) is 31.0 Å². The van der Waals surface area contributed by atoms with Gasteiger partial charge in [-0.1, -0.05) is 0 Å². The summed E-state index contributed by atoms with van der Waals surface area (Å²) in [6, 6.07) is 3.62. The van der Waals surface area contributed by atoms with E-state index in [9.17, 15) is 4.79 Å². The summed E-state index contributed by atoms with van der Waals surface area (Å²) in [5.41, 5.74) is 4.19. The second kappa shape index (κ2) is 7.95. The third-order valence-corrected chi connectivity index (χ3v) is 4.04. The summed E-state index contributed by atoms with van der Waals surface area (Å²) in [6.07, 6.45) is 2.59. The molecule has 2 aromatic rings. The van der Waals surface area contributed by atoms with Crippen LogP contribution in [0.15, 0.2) is 18.3 Å². The molecule has 0 bridgehead atoms. The second-order valence-corrected chi connectivity index (χ2v) is 6.36. The maximum atomic E-state index is 12.0. The molecule has 0 aliphatic carbocycles. The molecule has 2 aromatic heterocycles. The van der Waals surface area contributed by atoms with Crippen molar-refractivity contribution in [2.75, 3.05) is 11.9 Å². The van der Waals surface area contributed by atoms with Gasteiger partial charge in [0.05, 0.1) is 5.69 Å². The number of carbonyl (C=O) groups is 1. The summed E-state index contributed by atoms with van der Waals surface area (Å²) in [5.74, 6) is 0.643. The van der Waals surface area contributed by atoms with Crippen LogP contribution in [0.2, 0.25) is 0 Å². The summed E-state index contributed by atoms with van der Waals surface area (Å²) >= 11 is 0. The Hall–Kier alpha value is -2.37. The van der Waals surface area contributed by atoms with Gasteiger partial charge in [-0.2, -0.15) is 5.10 Å². The first-order chi connectivity index (χ1) is 11.4. The Morgan fingerprint density at radius 1 is 1.29 bits per heavy atom. The topological polar surface area (TPSA) is 71.8 Å². The van der Waals surface area contributed by atoms with Crippen LogP contribution < -0.4 is 10.6 Å². The molecule has 0 aliphatic heterocycles. The highest BCUT2D eigenvalue weighted by atomic mass is 16.1. The molecule has 0 aliphatic rings. The standard InChI is InChI=1S/C18H27N5O/c1-12(2)21-18(24)16-7-9-20-17(11-16)19-8-6-10-23-15(5)13(3)14(4)22-23/h7,9,11-12H,6,8,10H2,1-5H3,(H,19,20)(H,21,24). The summed E-state index contributed by atoms with van der Waals surface area (Å²) < 4.78 is 2.05.